The summed E-state index contributed by atoms with van der Waals surface area (Å²) in [6.07, 6.45) is 4.29. The standard InChI is InChI=1S/C28H28ClN9O/c1-17-5-8-21(32-28-34-23-10-7-20(29)11-24(23)35-28)12-25(17)38(16-39)15-19-13-31-27(36-26(19)37(3)4)33-22-9-6-18(2)30-14-22/h5-14,16H,15H2,1-4H3,(H,31,33,36)(H2,32,34,35). The molecule has 0 fully saturated rings. The van der Waals surface area contributed by atoms with E-state index < -0.39 is 0 Å². The van der Waals surface area contributed by atoms with Crippen LogP contribution in [0.25, 0.3) is 11.0 Å². The zero-order valence-corrected chi connectivity index (χ0v) is 22.8. The van der Waals surface area contributed by atoms with Gasteiger partial charge in [-0.1, -0.05) is 17.7 Å². The fourth-order valence-electron chi connectivity index (χ4n) is 4.16. The lowest BCUT2D eigenvalue weighted by Gasteiger charge is -2.23. The number of rotatable bonds is 9. The molecule has 3 heterocycles. The summed E-state index contributed by atoms with van der Waals surface area (Å²) in [5.41, 5.74) is 6.64. The van der Waals surface area contributed by atoms with Crippen molar-refractivity contribution in [2.24, 2.45) is 0 Å². The minimum absolute atomic E-state index is 0.289. The molecule has 2 aromatic carbocycles. The van der Waals surface area contributed by atoms with Crippen LogP contribution in [0, 0.1) is 13.8 Å². The van der Waals surface area contributed by atoms with E-state index in [0.717, 1.165) is 51.3 Å². The Morgan fingerprint density at radius 2 is 1.77 bits per heavy atom. The fraction of sp³-hybridized carbons (Fsp3) is 0.179. The van der Waals surface area contributed by atoms with Gasteiger partial charge in [-0.3, -0.25) is 9.78 Å². The van der Waals surface area contributed by atoms with Gasteiger partial charge in [0.05, 0.1) is 29.5 Å². The molecule has 0 aliphatic rings. The SMILES string of the molecule is Cc1ccc(Nc2ncc(CN(C=O)c3cc(Nc4nc5ccc(Cl)cc5[nH]4)ccc3C)c(N(C)C)n2)cn1. The molecule has 1 amide bonds. The van der Waals surface area contributed by atoms with E-state index >= 15 is 0 Å². The van der Waals surface area contributed by atoms with Crippen LogP contribution < -0.4 is 20.4 Å². The van der Waals surface area contributed by atoms with Crippen molar-refractivity contribution in [1.29, 1.82) is 0 Å². The molecule has 198 valence electrons. The lowest BCUT2D eigenvalue weighted by molar-refractivity contribution is -0.107. The van der Waals surface area contributed by atoms with Crippen LogP contribution >= 0.6 is 11.6 Å². The Balaban J connectivity index is 1.38. The van der Waals surface area contributed by atoms with E-state index in [1.165, 1.54) is 0 Å². The van der Waals surface area contributed by atoms with Gasteiger partial charge in [0, 0.05) is 47.9 Å². The van der Waals surface area contributed by atoms with E-state index in [1.807, 2.05) is 75.3 Å². The Morgan fingerprint density at radius 1 is 0.949 bits per heavy atom. The lowest BCUT2D eigenvalue weighted by Crippen LogP contribution is -2.24. The molecule has 0 spiro atoms. The average molecular weight is 542 g/mol. The second-order valence-corrected chi connectivity index (χ2v) is 9.79. The van der Waals surface area contributed by atoms with Crippen LogP contribution in [-0.4, -0.2) is 45.4 Å². The number of hydrogen-bond acceptors (Lipinski definition) is 8. The number of nitrogens with zero attached hydrogens (tertiary/aromatic N) is 6. The highest BCUT2D eigenvalue weighted by atomic mass is 35.5. The van der Waals surface area contributed by atoms with Crippen molar-refractivity contribution in [3.8, 4) is 0 Å². The van der Waals surface area contributed by atoms with E-state index in [4.69, 9.17) is 16.6 Å². The first-order valence-electron chi connectivity index (χ1n) is 12.3. The number of amides is 1. The van der Waals surface area contributed by atoms with Crippen molar-refractivity contribution in [2.75, 3.05) is 34.5 Å². The molecule has 3 aromatic heterocycles. The third-order valence-electron chi connectivity index (χ3n) is 6.13. The van der Waals surface area contributed by atoms with Gasteiger partial charge < -0.3 is 25.4 Å². The minimum atomic E-state index is 0.289. The molecule has 3 N–H and O–H groups in total. The number of imidazole rings is 1. The summed E-state index contributed by atoms with van der Waals surface area (Å²) in [7, 11) is 3.81. The monoisotopic (exact) mass is 541 g/mol. The van der Waals surface area contributed by atoms with E-state index in [-0.39, 0.29) is 6.54 Å². The van der Waals surface area contributed by atoms with Crippen LogP contribution in [0.4, 0.5) is 34.8 Å². The van der Waals surface area contributed by atoms with Gasteiger partial charge in [-0.2, -0.15) is 4.98 Å². The zero-order valence-electron chi connectivity index (χ0n) is 22.0. The Labute approximate surface area is 231 Å². The maximum atomic E-state index is 12.3. The van der Waals surface area contributed by atoms with E-state index in [0.29, 0.717) is 22.7 Å². The molecule has 10 nitrogen and oxygen atoms in total. The van der Waals surface area contributed by atoms with Crippen molar-refractivity contribution >= 4 is 63.8 Å². The number of aromatic nitrogens is 5. The molecular weight excluding hydrogens is 514 g/mol. The van der Waals surface area contributed by atoms with E-state index in [9.17, 15) is 4.79 Å². The molecule has 0 radical (unpaired) electrons. The fourth-order valence-corrected chi connectivity index (χ4v) is 4.34. The van der Waals surface area contributed by atoms with Gasteiger partial charge in [-0.15, -0.1) is 0 Å². The minimum Gasteiger partial charge on any atom is -0.362 e. The third-order valence-corrected chi connectivity index (χ3v) is 6.36. The number of carbonyl (C=O) groups is 1. The van der Waals surface area contributed by atoms with Crippen molar-refractivity contribution in [2.45, 2.75) is 20.4 Å². The maximum Gasteiger partial charge on any atom is 0.229 e. The van der Waals surface area contributed by atoms with E-state index in [1.54, 1.807) is 23.4 Å². The molecule has 0 unspecified atom stereocenters. The molecule has 0 atom stereocenters. The van der Waals surface area contributed by atoms with Crippen LogP contribution in [0.15, 0.2) is 60.9 Å². The molecule has 39 heavy (non-hydrogen) atoms. The smallest absolute Gasteiger partial charge is 0.229 e. The van der Waals surface area contributed by atoms with Gasteiger partial charge in [0.2, 0.25) is 18.3 Å². The van der Waals surface area contributed by atoms with Gasteiger partial charge in [0.1, 0.15) is 5.82 Å². The van der Waals surface area contributed by atoms with Crippen molar-refractivity contribution < 1.29 is 4.79 Å². The molecule has 0 aliphatic heterocycles. The molecule has 0 bridgehead atoms. The highest BCUT2D eigenvalue weighted by Crippen LogP contribution is 2.29. The second-order valence-electron chi connectivity index (χ2n) is 9.36. The predicted molar refractivity (Wildman–Crippen MR) is 156 cm³/mol. The summed E-state index contributed by atoms with van der Waals surface area (Å²) < 4.78 is 0. The number of aryl methyl sites for hydroxylation is 2. The van der Waals surface area contributed by atoms with Gasteiger partial charge >= 0.3 is 0 Å². The van der Waals surface area contributed by atoms with Crippen molar-refractivity contribution in [3.05, 3.63) is 82.8 Å². The first kappa shape index (κ1) is 25.9. The Morgan fingerprint density at radius 3 is 2.51 bits per heavy atom. The highest BCUT2D eigenvalue weighted by Gasteiger charge is 2.16. The summed E-state index contributed by atoms with van der Waals surface area (Å²) in [5.74, 6) is 1.72. The van der Waals surface area contributed by atoms with Crippen LogP contribution in [0.1, 0.15) is 16.8 Å². The summed E-state index contributed by atoms with van der Waals surface area (Å²) in [6, 6.07) is 15.1. The van der Waals surface area contributed by atoms with Crippen molar-refractivity contribution in [3.63, 3.8) is 0 Å². The van der Waals surface area contributed by atoms with Gasteiger partial charge in [-0.25, -0.2) is 9.97 Å². The Hall–Kier alpha value is -4.70. The third kappa shape index (κ3) is 5.91. The van der Waals surface area contributed by atoms with E-state index in [2.05, 4.69) is 30.6 Å². The quantitative estimate of drug-likeness (QED) is 0.202. The highest BCUT2D eigenvalue weighted by molar-refractivity contribution is 6.31. The normalized spacial score (nSPS) is 10.9. The average Bonchev–Trinajstić information content (AvgIpc) is 3.31. The van der Waals surface area contributed by atoms with Gasteiger partial charge in [0.15, 0.2) is 0 Å². The van der Waals surface area contributed by atoms with Crippen molar-refractivity contribution in [1.82, 2.24) is 24.9 Å². The number of benzene rings is 2. The van der Waals surface area contributed by atoms with Crippen LogP contribution in [-0.2, 0) is 11.3 Å². The molecule has 0 saturated heterocycles. The first-order valence-corrected chi connectivity index (χ1v) is 12.6. The van der Waals surface area contributed by atoms with Gasteiger partial charge in [0.25, 0.3) is 0 Å². The molecule has 11 heteroatoms. The first-order chi connectivity index (χ1) is 18.8. The summed E-state index contributed by atoms with van der Waals surface area (Å²) >= 11 is 6.10. The number of nitrogens with one attached hydrogen (secondary N) is 3. The predicted octanol–water partition coefficient (Wildman–Crippen LogP) is 5.73. The number of aromatic amines is 1. The summed E-state index contributed by atoms with van der Waals surface area (Å²) in [6.45, 7) is 4.18. The molecule has 0 saturated carbocycles. The number of pyridine rings is 1. The Bertz CT molecular complexity index is 1630. The number of fused-ring (bicyclic) bond motifs is 1. The molecule has 5 rings (SSSR count). The number of carbonyl (C=O) groups excluding carboxylic acids is 1. The lowest BCUT2D eigenvalue weighted by atomic mass is 10.1. The molecule has 5 aromatic rings. The van der Waals surface area contributed by atoms with Crippen LogP contribution in [0.3, 0.4) is 0 Å². The maximum absolute atomic E-state index is 12.3. The number of anilines is 6. The molecular formula is C28H28ClN9O. The number of hydrogen-bond donors (Lipinski definition) is 3. The Kier molecular flexibility index (Phi) is 7.29. The second kappa shape index (κ2) is 11.0. The summed E-state index contributed by atoms with van der Waals surface area (Å²) in [5, 5.41) is 7.11. The number of halogens is 1. The zero-order chi connectivity index (χ0) is 27.5. The van der Waals surface area contributed by atoms with Gasteiger partial charge in [-0.05, 0) is 61.9 Å². The summed E-state index contributed by atoms with van der Waals surface area (Å²) in [4.78, 5) is 37.1. The largest absolute Gasteiger partial charge is 0.362 e. The molecule has 0 aliphatic carbocycles. The topological polar surface area (TPSA) is 115 Å². The number of H-pyrrole nitrogens is 1. The van der Waals surface area contributed by atoms with Crippen LogP contribution in [0.5, 0.6) is 0 Å². The van der Waals surface area contributed by atoms with Crippen LogP contribution in [0.2, 0.25) is 5.02 Å².